The number of rotatable bonds is 1. The van der Waals surface area contributed by atoms with Gasteiger partial charge in [-0.25, -0.2) is 4.90 Å². The zero-order valence-corrected chi connectivity index (χ0v) is 11.7. The Balaban J connectivity index is 2.04. The number of hydrogen-bond acceptors (Lipinski definition) is 3. The molecule has 0 aromatic heterocycles. The molecule has 3 rings (SSSR count). The van der Waals surface area contributed by atoms with Gasteiger partial charge in [0.2, 0.25) is 0 Å². The highest BCUT2D eigenvalue weighted by Crippen LogP contribution is 2.24. The molecule has 2 aromatic carbocycles. The molecule has 104 valence electrons. The molecule has 0 atom stereocenters. The van der Waals surface area contributed by atoms with Gasteiger partial charge in [0, 0.05) is 5.56 Å². The van der Waals surface area contributed by atoms with Crippen molar-refractivity contribution in [2.45, 2.75) is 13.8 Å². The van der Waals surface area contributed by atoms with Crippen LogP contribution < -0.4 is 0 Å². The smallest absolute Gasteiger partial charge is 0.268 e. The second-order valence-electron chi connectivity index (χ2n) is 5.17. The highest BCUT2D eigenvalue weighted by atomic mass is 16.2. The van der Waals surface area contributed by atoms with Gasteiger partial charge in [-0.15, -0.1) is 0 Å². The molecule has 0 fully saturated rings. The summed E-state index contributed by atoms with van der Waals surface area (Å²) in [7, 11) is 0. The molecule has 0 aliphatic carbocycles. The van der Waals surface area contributed by atoms with Crippen molar-refractivity contribution >= 4 is 17.7 Å². The van der Waals surface area contributed by atoms with Gasteiger partial charge in [0.1, 0.15) is 0 Å². The van der Waals surface area contributed by atoms with Crippen molar-refractivity contribution < 1.29 is 14.4 Å². The Morgan fingerprint density at radius 1 is 0.857 bits per heavy atom. The van der Waals surface area contributed by atoms with E-state index in [2.05, 4.69) is 0 Å². The van der Waals surface area contributed by atoms with Crippen LogP contribution in [0, 0.1) is 13.8 Å². The van der Waals surface area contributed by atoms with Crippen molar-refractivity contribution in [1.82, 2.24) is 4.90 Å². The van der Waals surface area contributed by atoms with E-state index in [0.717, 1.165) is 16.0 Å². The standard InChI is InChI=1S/C17H13NO3/c1-10-7-11(2)9-12(8-10)15(19)18-16(20)13-5-3-4-6-14(13)17(18)21/h3-9H,1-2H3. The number of aryl methyl sites for hydroxylation is 2. The van der Waals surface area contributed by atoms with E-state index in [1.54, 1.807) is 36.4 Å². The quantitative estimate of drug-likeness (QED) is 0.754. The molecule has 0 saturated carbocycles. The molecule has 1 aliphatic rings. The minimum atomic E-state index is -0.576. The maximum absolute atomic E-state index is 12.5. The van der Waals surface area contributed by atoms with Crippen LogP contribution in [0.3, 0.4) is 0 Å². The maximum atomic E-state index is 12.5. The molecule has 0 radical (unpaired) electrons. The van der Waals surface area contributed by atoms with Crippen molar-refractivity contribution in [1.29, 1.82) is 0 Å². The van der Waals surface area contributed by atoms with E-state index in [1.165, 1.54) is 0 Å². The van der Waals surface area contributed by atoms with Crippen molar-refractivity contribution in [2.24, 2.45) is 0 Å². The normalized spacial score (nSPS) is 13.5. The van der Waals surface area contributed by atoms with E-state index in [1.807, 2.05) is 19.9 Å². The fourth-order valence-corrected chi connectivity index (χ4v) is 2.60. The van der Waals surface area contributed by atoms with Gasteiger partial charge >= 0.3 is 0 Å². The first kappa shape index (κ1) is 13.2. The van der Waals surface area contributed by atoms with Crippen LogP contribution >= 0.6 is 0 Å². The molecule has 0 bridgehead atoms. The van der Waals surface area contributed by atoms with Crippen LogP contribution in [0.1, 0.15) is 42.2 Å². The average Bonchev–Trinajstić information content (AvgIpc) is 2.70. The molecular formula is C17H13NO3. The molecule has 1 aliphatic heterocycles. The number of nitrogens with zero attached hydrogens (tertiary/aromatic N) is 1. The molecule has 21 heavy (non-hydrogen) atoms. The molecule has 0 unspecified atom stereocenters. The van der Waals surface area contributed by atoms with E-state index in [-0.39, 0.29) is 11.1 Å². The van der Waals surface area contributed by atoms with Crippen LogP contribution in [-0.4, -0.2) is 22.6 Å². The molecule has 3 amide bonds. The Hall–Kier alpha value is -2.75. The SMILES string of the molecule is Cc1cc(C)cc(C(=O)N2C(=O)c3ccccc3C2=O)c1. The zero-order chi connectivity index (χ0) is 15.1. The lowest BCUT2D eigenvalue weighted by Gasteiger charge is -2.12. The van der Waals surface area contributed by atoms with Crippen molar-refractivity contribution in [2.75, 3.05) is 0 Å². The summed E-state index contributed by atoms with van der Waals surface area (Å²) in [6.45, 7) is 3.73. The third-order valence-corrected chi connectivity index (χ3v) is 3.47. The van der Waals surface area contributed by atoms with Gasteiger partial charge < -0.3 is 0 Å². The number of benzene rings is 2. The fourth-order valence-electron chi connectivity index (χ4n) is 2.60. The lowest BCUT2D eigenvalue weighted by Crippen LogP contribution is -2.36. The Bertz CT molecular complexity index is 737. The number of carbonyl (C=O) groups is 3. The second kappa shape index (κ2) is 4.66. The first-order chi connectivity index (χ1) is 9.99. The first-order valence-corrected chi connectivity index (χ1v) is 6.59. The number of fused-ring (bicyclic) bond motifs is 1. The number of amides is 3. The minimum absolute atomic E-state index is 0.278. The van der Waals surface area contributed by atoms with Gasteiger partial charge in [-0.2, -0.15) is 0 Å². The van der Waals surface area contributed by atoms with Crippen LogP contribution in [0.25, 0.3) is 0 Å². The van der Waals surface area contributed by atoms with Crippen molar-refractivity contribution in [3.63, 3.8) is 0 Å². The van der Waals surface area contributed by atoms with Crippen molar-refractivity contribution in [3.05, 3.63) is 70.3 Å². The summed E-state index contributed by atoms with van der Waals surface area (Å²) in [6, 6.07) is 11.8. The third-order valence-electron chi connectivity index (χ3n) is 3.47. The Morgan fingerprint density at radius 2 is 1.33 bits per heavy atom. The summed E-state index contributed by atoms with van der Waals surface area (Å²) in [6.07, 6.45) is 0. The van der Waals surface area contributed by atoms with Crippen molar-refractivity contribution in [3.8, 4) is 0 Å². The molecule has 0 spiro atoms. The topological polar surface area (TPSA) is 54.5 Å². The Labute approximate surface area is 122 Å². The molecule has 4 nitrogen and oxygen atoms in total. The number of hydrogen-bond donors (Lipinski definition) is 0. The highest BCUT2D eigenvalue weighted by molar-refractivity contribution is 6.31. The van der Waals surface area contributed by atoms with Crippen LogP contribution in [0.5, 0.6) is 0 Å². The molecule has 4 heteroatoms. The van der Waals surface area contributed by atoms with Gasteiger partial charge in [-0.3, -0.25) is 14.4 Å². The number of carbonyl (C=O) groups excluding carboxylic acids is 3. The van der Waals surface area contributed by atoms with E-state index in [0.29, 0.717) is 5.56 Å². The first-order valence-electron chi connectivity index (χ1n) is 6.59. The second-order valence-corrected chi connectivity index (χ2v) is 5.17. The van der Waals surface area contributed by atoms with Crippen LogP contribution in [-0.2, 0) is 0 Å². The monoisotopic (exact) mass is 279 g/mol. The third kappa shape index (κ3) is 2.05. The summed E-state index contributed by atoms with van der Waals surface area (Å²) in [5.41, 5.74) is 2.73. The van der Waals surface area contributed by atoms with Gasteiger partial charge in [0.05, 0.1) is 11.1 Å². The van der Waals surface area contributed by atoms with Gasteiger partial charge in [0.25, 0.3) is 17.7 Å². The predicted octanol–water partition coefficient (Wildman–Crippen LogP) is 2.74. The van der Waals surface area contributed by atoms with Crippen LogP contribution in [0.15, 0.2) is 42.5 Å². The molecular weight excluding hydrogens is 266 g/mol. The molecule has 1 heterocycles. The lowest BCUT2D eigenvalue weighted by atomic mass is 10.1. The highest BCUT2D eigenvalue weighted by Gasteiger charge is 2.39. The predicted molar refractivity (Wildman–Crippen MR) is 77.2 cm³/mol. The summed E-state index contributed by atoms with van der Waals surface area (Å²) < 4.78 is 0. The largest absolute Gasteiger partial charge is 0.268 e. The fraction of sp³-hybridized carbons (Fsp3) is 0.118. The summed E-state index contributed by atoms with van der Waals surface area (Å²) >= 11 is 0. The molecule has 2 aromatic rings. The van der Waals surface area contributed by atoms with E-state index >= 15 is 0 Å². The van der Waals surface area contributed by atoms with E-state index < -0.39 is 17.7 Å². The molecule has 0 saturated heterocycles. The summed E-state index contributed by atoms with van der Waals surface area (Å²) in [4.78, 5) is 37.8. The number of imide groups is 3. The van der Waals surface area contributed by atoms with Crippen LogP contribution in [0.4, 0.5) is 0 Å². The maximum Gasteiger partial charge on any atom is 0.268 e. The summed E-state index contributed by atoms with van der Waals surface area (Å²) in [5, 5.41) is 0. The van der Waals surface area contributed by atoms with E-state index in [9.17, 15) is 14.4 Å². The lowest BCUT2D eigenvalue weighted by molar-refractivity contribution is 0.0566. The Morgan fingerprint density at radius 3 is 1.81 bits per heavy atom. The van der Waals surface area contributed by atoms with Gasteiger partial charge in [0.15, 0.2) is 0 Å². The van der Waals surface area contributed by atoms with E-state index in [4.69, 9.17) is 0 Å². The molecule has 0 N–H and O–H groups in total. The minimum Gasteiger partial charge on any atom is -0.268 e. The zero-order valence-electron chi connectivity index (χ0n) is 11.7. The van der Waals surface area contributed by atoms with Crippen LogP contribution in [0.2, 0.25) is 0 Å². The average molecular weight is 279 g/mol. The summed E-state index contributed by atoms with van der Waals surface area (Å²) in [5.74, 6) is -1.69. The van der Waals surface area contributed by atoms with Gasteiger partial charge in [-0.1, -0.05) is 29.3 Å². The van der Waals surface area contributed by atoms with Gasteiger partial charge in [-0.05, 0) is 38.1 Å². The Kier molecular flexibility index (Phi) is 2.94.